The van der Waals surface area contributed by atoms with Crippen LogP contribution in [0.3, 0.4) is 0 Å². The number of aryl methyl sites for hydroxylation is 1. The quantitative estimate of drug-likeness (QED) is 0.373. The van der Waals surface area contributed by atoms with E-state index in [-0.39, 0.29) is 5.97 Å². The average Bonchev–Trinajstić information content (AvgIpc) is 3.33. The van der Waals surface area contributed by atoms with Crippen LogP contribution in [0.4, 0.5) is 10.9 Å². The maximum Gasteiger partial charge on any atom is 0.341 e. The molecule has 0 fully saturated rings. The summed E-state index contributed by atoms with van der Waals surface area (Å²) in [6.07, 6.45) is 5.60. The second-order valence-electron chi connectivity index (χ2n) is 6.99. The Morgan fingerprint density at radius 2 is 2.10 bits per heavy atom. The van der Waals surface area contributed by atoms with Gasteiger partial charge in [-0.3, -0.25) is 5.32 Å². The summed E-state index contributed by atoms with van der Waals surface area (Å²) in [5.74, 6) is -0.0181. The second kappa shape index (κ2) is 9.52. The minimum Gasteiger partial charge on any atom is -0.465 e. The van der Waals surface area contributed by atoms with E-state index >= 15 is 0 Å². The van der Waals surface area contributed by atoms with Crippen molar-refractivity contribution in [3.63, 3.8) is 0 Å². The molecule has 0 amide bonds. The molecule has 2 aromatic heterocycles. The van der Waals surface area contributed by atoms with Crippen LogP contribution in [0.15, 0.2) is 24.5 Å². The maximum atomic E-state index is 12.4. The van der Waals surface area contributed by atoms with Crippen molar-refractivity contribution in [3.8, 4) is 0 Å². The molecule has 0 saturated carbocycles. The molecule has 0 saturated heterocycles. The van der Waals surface area contributed by atoms with Crippen LogP contribution < -0.4 is 10.6 Å². The van der Waals surface area contributed by atoms with E-state index in [1.807, 2.05) is 6.07 Å². The van der Waals surface area contributed by atoms with Gasteiger partial charge in [0.15, 0.2) is 5.11 Å². The van der Waals surface area contributed by atoms with E-state index < -0.39 is 0 Å². The molecule has 162 valence electrons. The van der Waals surface area contributed by atoms with Crippen LogP contribution in [0.25, 0.3) is 0 Å². The number of hydrogen-bond acceptors (Lipinski definition) is 6. The fourth-order valence-electron chi connectivity index (χ4n) is 3.46. The first-order valence-corrected chi connectivity index (χ1v) is 11.6. The average molecular weight is 496 g/mol. The van der Waals surface area contributed by atoms with E-state index in [2.05, 4.69) is 20.7 Å². The summed E-state index contributed by atoms with van der Waals surface area (Å²) in [5.41, 5.74) is 2.51. The van der Waals surface area contributed by atoms with E-state index in [0.717, 1.165) is 36.8 Å². The van der Waals surface area contributed by atoms with Gasteiger partial charge in [-0.25, -0.2) is 14.5 Å². The highest BCUT2D eigenvalue weighted by Crippen LogP contribution is 2.38. The third kappa shape index (κ3) is 5.01. The predicted molar refractivity (Wildman–Crippen MR) is 128 cm³/mol. The van der Waals surface area contributed by atoms with Crippen molar-refractivity contribution in [2.45, 2.75) is 32.2 Å². The molecule has 0 atom stereocenters. The fraction of sp³-hybridized carbons (Fsp3) is 0.300. The Hall–Kier alpha value is -2.20. The van der Waals surface area contributed by atoms with Gasteiger partial charge in [0.05, 0.1) is 19.2 Å². The van der Waals surface area contributed by atoms with Gasteiger partial charge in [0.25, 0.3) is 0 Å². The van der Waals surface area contributed by atoms with Gasteiger partial charge in [-0.1, -0.05) is 29.3 Å². The number of fused-ring (bicyclic) bond motifs is 1. The first-order chi connectivity index (χ1) is 14.9. The van der Waals surface area contributed by atoms with Gasteiger partial charge in [0, 0.05) is 14.9 Å². The number of aromatic nitrogens is 3. The highest BCUT2D eigenvalue weighted by molar-refractivity contribution is 7.80. The van der Waals surface area contributed by atoms with Crippen molar-refractivity contribution < 1.29 is 9.53 Å². The van der Waals surface area contributed by atoms with Crippen molar-refractivity contribution in [1.82, 2.24) is 14.8 Å². The highest BCUT2D eigenvalue weighted by atomic mass is 35.5. The highest BCUT2D eigenvalue weighted by Gasteiger charge is 2.26. The van der Waals surface area contributed by atoms with Crippen molar-refractivity contribution in [1.29, 1.82) is 0 Å². The second-order valence-corrected chi connectivity index (χ2v) is 9.34. The van der Waals surface area contributed by atoms with Crippen molar-refractivity contribution >= 4 is 68.8 Å². The molecule has 0 spiro atoms. The number of carbonyl (C=O) groups excluding carboxylic acids is 1. The zero-order valence-electron chi connectivity index (χ0n) is 16.6. The molecule has 0 radical (unpaired) electrons. The van der Waals surface area contributed by atoms with E-state index in [9.17, 15) is 4.79 Å². The third-order valence-electron chi connectivity index (χ3n) is 4.90. The lowest BCUT2D eigenvalue weighted by Crippen LogP contribution is -2.21. The lowest BCUT2D eigenvalue weighted by molar-refractivity contribution is 0.0601. The molecule has 1 aromatic carbocycles. The number of benzene rings is 1. The Morgan fingerprint density at radius 3 is 2.87 bits per heavy atom. The normalized spacial score (nSPS) is 12.9. The molecule has 0 aliphatic heterocycles. The summed E-state index contributed by atoms with van der Waals surface area (Å²) in [6, 6.07) is 5.31. The van der Waals surface area contributed by atoms with Crippen LogP contribution in [0.1, 0.15) is 39.2 Å². The zero-order valence-corrected chi connectivity index (χ0v) is 19.7. The first-order valence-electron chi connectivity index (χ1n) is 9.59. The van der Waals surface area contributed by atoms with Gasteiger partial charge in [0.2, 0.25) is 5.95 Å². The Balaban J connectivity index is 1.45. The number of esters is 1. The lowest BCUT2D eigenvalue weighted by atomic mass is 9.95. The monoisotopic (exact) mass is 495 g/mol. The van der Waals surface area contributed by atoms with Crippen LogP contribution in [-0.4, -0.2) is 33.0 Å². The Morgan fingerprint density at radius 1 is 1.29 bits per heavy atom. The smallest absolute Gasteiger partial charge is 0.341 e. The molecule has 31 heavy (non-hydrogen) atoms. The molecule has 2 N–H and O–H groups in total. The number of anilines is 2. The number of hydrogen-bond donors (Lipinski definition) is 2. The lowest BCUT2D eigenvalue weighted by Gasteiger charge is -2.12. The molecule has 3 aromatic rings. The summed E-state index contributed by atoms with van der Waals surface area (Å²) in [6.45, 7) is 0.439. The van der Waals surface area contributed by atoms with Crippen molar-refractivity contribution in [3.05, 3.63) is 56.1 Å². The molecular formula is C20H19Cl2N5O2S2. The summed E-state index contributed by atoms with van der Waals surface area (Å²) < 4.78 is 6.64. The number of nitrogens with one attached hydrogen (secondary N) is 2. The number of nitrogens with zero attached hydrogens (tertiary/aromatic N) is 3. The molecular weight excluding hydrogens is 477 g/mol. The molecule has 4 rings (SSSR count). The summed E-state index contributed by atoms with van der Waals surface area (Å²) in [7, 11) is 1.39. The standard InChI is InChI=1S/C20H19Cl2N5O2S2/c1-29-18(28)16-13-4-2-3-5-15(13)31-17(16)24-20(30)25-19-23-10-27(26-19)9-11-6-7-12(21)8-14(11)22/h6-8,10H,2-5,9H2,1H3,(H2,24,25,26,30). The van der Waals surface area contributed by atoms with Gasteiger partial charge in [-0.2, -0.15) is 0 Å². The zero-order chi connectivity index (χ0) is 22.0. The predicted octanol–water partition coefficient (Wildman–Crippen LogP) is 5.17. The number of rotatable bonds is 5. The Bertz CT molecular complexity index is 1140. The summed E-state index contributed by atoms with van der Waals surface area (Å²) in [4.78, 5) is 17.8. The summed E-state index contributed by atoms with van der Waals surface area (Å²) in [5, 5.41) is 12.6. The number of thiophene rings is 1. The maximum absolute atomic E-state index is 12.4. The van der Waals surface area contributed by atoms with Crippen LogP contribution in [0.2, 0.25) is 10.0 Å². The molecule has 2 heterocycles. The fourth-order valence-corrected chi connectivity index (χ4v) is 5.47. The van der Waals surface area contributed by atoms with E-state index in [1.165, 1.54) is 12.0 Å². The number of methoxy groups -OCH3 is 1. The van der Waals surface area contributed by atoms with Crippen molar-refractivity contribution in [2.75, 3.05) is 17.7 Å². The number of halogens is 2. The third-order valence-corrected chi connectivity index (χ3v) is 6.90. The van der Waals surface area contributed by atoms with Crippen LogP contribution in [0, 0.1) is 0 Å². The minimum atomic E-state index is -0.355. The minimum absolute atomic E-state index is 0.297. The van der Waals surface area contributed by atoms with Crippen molar-refractivity contribution in [2.24, 2.45) is 0 Å². The Kier molecular flexibility index (Phi) is 6.76. The van der Waals surface area contributed by atoms with Crippen LogP contribution in [0.5, 0.6) is 0 Å². The van der Waals surface area contributed by atoms with Crippen LogP contribution in [-0.2, 0) is 24.1 Å². The molecule has 1 aliphatic rings. The Labute approximate surface area is 198 Å². The summed E-state index contributed by atoms with van der Waals surface area (Å²) >= 11 is 19.1. The van der Waals surface area contributed by atoms with E-state index in [4.69, 9.17) is 40.2 Å². The number of carbonyl (C=O) groups is 1. The SMILES string of the molecule is COC(=O)c1c(NC(=S)Nc2ncn(Cc3ccc(Cl)cc3Cl)n2)sc2c1CCCC2. The number of thiocarbonyl (C=S) groups is 1. The van der Waals surface area contributed by atoms with Gasteiger partial charge >= 0.3 is 5.97 Å². The molecule has 11 heteroatoms. The van der Waals surface area contributed by atoms with E-state index in [1.54, 1.807) is 34.5 Å². The van der Waals surface area contributed by atoms with Gasteiger partial charge in [0.1, 0.15) is 11.3 Å². The van der Waals surface area contributed by atoms with Gasteiger partial charge in [-0.15, -0.1) is 16.4 Å². The first kappa shape index (κ1) is 22.0. The molecule has 0 bridgehead atoms. The molecule has 1 aliphatic carbocycles. The largest absolute Gasteiger partial charge is 0.465 e. The van der Waals surface area contributed by atoms with Gasteiger partial charge < -0.3 is 10.1 Å². The topological polar surface area (TPSA) is 81.1 Å². The van der Waals surface area contributed by atoms with Gasteiger partial charge in [-0.05, 0) is 61.2 Å². The molecule has 7 nitrogen and oxygen atoms in total. The number of ether oxygens (including phenoxy) is 1. The van der Waals surface area contributed by atoms with E-state index in [0.29, 0.717) is 38.2 Å². The van der Waals surface area contributed by atoms with Crippen LogP contribution >= 0.6 is 46.8 Å². The molecule has 0 unspecified atom stereocenters.